The Morgan fingerprint density at radius 3 is 2.57 bits per heavy atom. The van der Waals surface area contributed by atoms with Crippen molar-refractivity contribution in [3.05, 3.63) is 58.0 Å². The summed E-state index contributed by atoms with van der Waals surface area (Å²) in [4.78, 5) is 37.9. The van der Waals surface area contributed by atoms with Crippen LogP contribution in [0.1, 0.15) is 23.6 Å². The number of aliphatic carboxylic acids is 1. The molecule has 1 N–H and O–H groups in total. The lowest BCUT2D eigenvalue weighted by atomic mass is 10.1. The van der Waals surface area contributed by atoms with Gasteiger partial charge in [0.15, 0.2) is 17.6 Å². The number of aryl methyl sites for hydroxylation is 1. The molecule has 1 saturated heterocycles. The minimum absolute atomic E-state index is 0.271. The third-order valence-corrected chi connectivity index (χ3v) is 5.62. The van der Waals surface area contributed by atoms with Crippen molar-refractivity contribution in [3.63, 3.8) is 0 Å². The summed E-state index contributed by atoms with van der Waals surface area (Å²) < 4.78 is 10.7. The normalized spacial score (nSPS) is 16.1. The van der Waals surface area contributed by atoms with E-state index in [0.717, 1.165) is 22.9 Å². The molecule has 0 bridgehead atoms. The lowest BCUT2D eigenvalue weighted by Gasteiger charge is -2.16. The number of carbonyl (C=O) groups is 3. The van der Waals surface area contributed by atoms with Gasteiger partial charge in [-0.1, -0.05) is 18.2 Å². The first-order chi connectivity index (χ1) is 14.2. The highest BCUT2D eigenvalue weighted by atomic mass is 32.2. The molecule has 7 nitrogen and oxygen atoms in total. The van der Waals surface area contributed by atoms with Crippen molar-refractivity contribution in [2.45, 2.75) is 26.9 Å². The molecule has 2 amide bonds. The van der Waals surface area contributed by atoms with Gasteiger partial charge in [0, 0.05) is 0 Å². The molecule has 2 aromatic carbocycles. The van der Waals surface area contributed by atoms with Crippen LogP contribution in [-0.2, 0) is 9.59 Å². The molecule has 1 unspecified atom stereocenters. The van der Waals surface area contributed by atoms with Crippen LogP contribution in [0.15, 0.2) is 41.3 Å². The first-order valence-corrected chi connectivity index (χ1v) is 9.96. The third-order valence-electron chi connectivity index (χ3n) is 4.75. The van der Waals surface area contributed by atoms with Gasteiger partial charge in [-0.05, 0) is 73.5 Å². The number of benzene rings is 2. The Labute approximate surface area is 178 Å². The van der Waals surface area contributed by atoms with E-state index < -0.39 is 18.0 Å². The summed E-state index contributed by atoms with van der Waals surface area (Å²) in [5, 5.41) is 8.65. The van der Waals surface area contributed by atoms with Gasteiger partial charge < -0.3 is 14.6 Å². The quantitative estimate of drug-likeness (QED) is 0.683. The van der Waals surface area contributed by atoms with E-state index in [1.807, 2.05) is 26.0 Å². The Kier molecular flexibility index (Phi) is 6.17. The zero-order valence-corrected chi connectivity index (χ0v) is 17.8. The predicted molar refractivity (Wildman–Crippen MR) is 115 cm³/mol. The van der Waals surface area contributed by atoms with E-state index in [1.54, 1.807) is 30.3 Å². The molecule has 3 rings (SSSR count). The van der Waals surface area contributed by atoms with Crippen molar-refractivity contribution in [1.29, 1.82) is 0 Å². The maximum atomic E-state index is 12.9. The summed E-state index contributed by atoms with van der Waals surface area (Å²) in [6, 6.07) is 10.3. The van der Waals surface area contributed by atoms with Gasteiger partial charge in [-0.3, -0.25) is 9.59 Å². The Bertz CT molecular complexity index is 1060. The Balaban J connectivity index is 1.90. The predicted octanol–water partition coefficient (Wildman–Crippen LogP) is 4.40. The summed E-state index contributed by atoms with van der Waals surface area (Å²) in [7, 11) is 1.44. The summed E-state index contributed by atoms with van der Waals surface area (Å²) in [5.41, 5.74) is 3.06. The van der Waals surface area contributed by atoms with Gasteiger partial charge in [0.25, 0.3) is 11.1 Å². The van der Waals surface area contributed by atoms with E-state index >= 15 is 0 Å². The number of anilines is 1. The zero-order valence-electron chi connectivity index (χ0n) is 17.0. The number of carboxylic acids is 1. The van der Waals surface area contributed by atoms with E-state index in [4.69, 9.17) is 14.6 Å². The molecule has 1 aliphatic rings. The third kappa shape index (κ3) is 4.18. The van der Waals surface area contributed by atoms with Gasteiger partial charge in [0.05, 0.1) is 17.7 Å². The van der Waals surface area contributed by atoms with Crippen molar-refractivity contribution in [2.24, 2.45) is 0 Å². The Hall–Kier alpha value is -3.26. The number of hydrogen-bond acceptors (Lipinski definition) is 6. The minimum atomic E-state index is -1.10. The standard InChI is InChI=1S/C22H21NO6S/c1-12-6-5-7-16(13(12)2)23-20(24)19(30-22(23)27)11-15-8-9-17(18(10-15)28-4)29-14(3)21(25)26/h5-11,14H,1-4H3,(H,25,26)/b19-11+. The fourth-order valence-corrected chi connectivity index (χ4v) is 3.75. The van der Waals surface area contributed by atoms with Crippen LogP contribution in [0.2, 0.25) is 0 Å². The smallest absolute Gasteiger partial charge is 0.344 e. The minimum Gasteiger partial charge on any atom is -0.493 e. The number of methoxy groups -OCH3 is 1. The summed E-state index contributed by atoms with van der Waals surface area (Å²) in [5.74, 6) is -0.891. The van der Waals surface area contributed by atoms with Crippen molar-refractivity contribution in [3.8, 4) is 11.5 Å². The van der Waals surface area contributed by atoms with E-state index in [0.29, 0.717) is 17.0 Å². The fraction of sp³-hybridized carbons (Fsp3) is 0.227. The molecule has 1 atom stereocenters. The van der Waals surface area contributed by atoms with Gasteiger partial charge >= 0.3 is 5.97 Å². The number of carboxylic acid groups (broad SMARTS) is 1. The molecule has 0 spiro atoms. The molecule has 1 heterocycles. The van der Waals surface area contributed by atoms with Gasteiger partial charge in [-0.25, -0.2) is 9.69 Å². The SMILES string of the molecule is COc1cc(/C=C2/SC(=O)N(c3cccc(C)c3C)C2=O)ccc1OC(C)C(=O)O. The molecule has 0 aromatic heterocycles. The lowest BCUT2D eigenvalue weighted by molar-refractivity contribution is -0.144. The highest BCUT2D eigenvalue weighted by Crippen LogP contribution is 2.38. The number of nitrogens with zero attached hydrogens (tertiary/aromatic N) is 1. The number of rotatable bonds is 6. The van der Waals surface area contributed by atoms with E-state index in [9.17, 15) is 14.4 Å². The molecule has 2 aromatic rings. The summed E-state index contributed by atoms with van der Waals surface area (Å²) in [6.45, 7) is 5.22. The van der Waals surface area contributed by atoms with Crippen LogP contribution in [0.3, 0.4) is 0 Å². The first-order valence-electron chi connectivity index (χ1n) is 9.14. The van der Waals surface area contributed by atoms with Crippen molar-refractivity contribution in [2.75, 3.05) is 12.0 Å². The van der Waals surface area contributed by atoms with Crippen molar-refractivity contribution >= 4 is 40.6 Å². The summed E-state index contributed by atoms with van der Waals surface area (Å²) in [6.07, 6.45) is 0.557. The molecule has 8 heteroatoms. The number of thioether (sulfide) groups is 1. The van der Waals surface area contributed by atoms with Crippen LogP contribution >= 0.6 is 11.8 Å². The molecule has 30 heavy (non-hydrogen) atoms. The number of imide groups is 1. The van der Waals surface area contributed by atoms with E-state index in [-0.39, 0.29) is 15.9 Å². The van der Waals surface area contributed by atoms with Gasteiger partial charge in [-0.15, -0.1) is 0 Å². The molecule has 156 valence electrons. The zero-order chi connectivity index (χ0) is 22.0. The molecule has 0 radical (unpaired) electrons. The largest absolute Gasteiger partial charge is 0.493 e. The summed E-state index contributed by atoms with van der Waals surface area (Å²) >= 11 is 0.867. The maximum absolute atomic E-state index is 12.9. The number of amides is 2. The van der Waals surface area contributed by atoms with E-state index in [1.165, 1.54) is 18.9 Å². The topological polar surface area (TPSA) is 93.1 Å². The molecule has 1 fully saturated rings. The van der Waals surface area contributed by atoms with Gasteiger partial charge in [-0.2, -0.15) is 0 Å². The molecule has 0 saturated carbocycles. The molecular formula is C22H21NO6S. The van der Waals surface area contributed by atoms with Crippen LogP contribution in [0, 0.1) is 13.8 Å². The number of hydrogen-bond donors (Lipinski definition) is 1. The van der Waals surface area contributed by atoms with Crippen molar-refractivity contribution < 1.29 is 29.0 Å². The molecule has 1 aliphatic heterocycles. The number of carbonyl (C=O) groups excluding carboxylic acids is 2. The average Bonchev–Trinajstić information content (AvgIpc) is 2.98. The van der Waals surface area contributed by atoms with Crippen molar-refractivity contribution in [1.82, 2.24) is 0 Å². The van der Waals surface area contributed by atoms with Crippen LogP contribution in [0.4, 0.5) is 10.5 Å². The van der Waals surface area contributed by atoms with Crippen LogP contribution in [0.25, 0.3) is 6.08 Å². The monoisotopic (exact) mass is 427 g/mol. The van der Waals surface area contributed by atoms with Gasteiger partial charge in [0.2, 0.25) is 0 Å². The lowest BCUT2D eigenvalue weighted by Crippen LogP contribution is -2.28. The van der Waals surface area contributed by atoms with Crippen LogP contribution in [0.5, 0.6) is 11.5 Å². The maximum Gasteiger partial charge on any atom is 0.344 e. The van der Waals surface area contributed by atoms with E-state index in [2.05, 4.69) is 0 Å². The highest BCUT2D eigenvalue weighted by molar-refractivity contribution is 8.19. The molecular weight excluding hydrogens is 406 g/mol. The second-order valence-corrected chi connectivity index (χ2v) is 7.74. The second-order valence-electron chi connectivity index (χ2n) is 6.74. The number of ether oxygens (including phenoxy) is 2. The molecule has 0 aliphatic carbocycles. The fourth-order valence-electron chi connectivity index (χ4n) is 2.92. The van der Waals surface area contributed by atoms with Crippen LogP contribution in [-0.4, -0.2) is 35.4 Å². The van der Waals surface area contributed by atoms with Crippen LogP contribution < -0.4 is 14.4 Å². The first kappa shape index (κ1) is 21.4. The Morgan fingerprint density at radius 1 is 1.17 bits per heavy atom. The highest BCUT2D eigenvalue weighted by Gasteiger charge is 2.37. The second kappa shape index (κ2) is 8.62. The Morgan fingerprint density at radius 2 is 1.90 bits per heavy atom. The average molecular weight is 427 g/mol. The van der Waals surface area contributed by atoms with Gasteiger partial charge in [0.1, 0.15) is 0 Å².